The van der Waals surface area contributed by atoms with Crippen molar-refractivity contribution in [1.82, 2.24) is 15.2 Å². The second kappa shape index (κ2) is 12.1. The first kappa shape index (κ1) is 24.5. The Bertz CT molecular complexity index is 711. The average Bonchev–Trinajstić information content (AvgIpc) is 3.14. The largest absolute Gasteiger partial charge is 0.441 e. The number of hydrogen-bond acceptors (Lipinski definition) is 4. The molecule has 28 heavy (non-hydrogen) atoms. The van der Waals surface area contributed by atoms with Crippen LogP contribution in [0.3, 0.4) is 0 Å². The summed E-state index contributed by atoms with van der Waals surface area (Å²) in [6.07, 6.45) is 6.21. The van der Waals surface area contributed by atoms with Crippen molar-refractivity contribution in [3.8, 4) is 11.3 Å². The highest BCUT2D eigenvalue weighted by Crippen LogP contribution is 2.23. The van der Waals surface area contributed by atoms with Gasteiger partial charge in [-0.15, -0.1) is 24.8 Å². The summed E-state index contributed by atoms with van der Waals surface area (Å²) in [5.41, 5.74) is 2.23. The van der Waals surface area contributed by atoms with Gasteiger partial charge in [0.2, 0.25) is 5.91 Å². The molecule has 1 fully saturated rings. The maximum Gasteiger partial charge on any atom is 0.223 e. The molecule has 0 saturated carbocycles. The van der Waals surface area contributed by atoms with Crippen LogP contribution in [0.25, 0.3) is 11.3 Å². The lowest BCUT2D eigenvalue weighted by atomic mass is 9.93. The number of aromatic nitrogens is 1. The first-order chi connectivity index (χ1) is 12.7. The van der Waals surface area contributed by atoms with E-state index in [0.29, 0.717) is 18.7 Å². The number of oxazole rings is 1. The minimum Gasteiger partial charge on any atom is -0.441 e. The Labute approximate surface area is 180 Å². The third-order valence-corrected chi connectivity index (χ3v) is 5.21. The first-order valence-electron chi connectivity index (χ1n) is 9.60. The molecule has 1 N–H and O–H groups in total. The Balaban J connectivity index is 0.00000196. The lowest BCUT2D eigenvalue weighted by Gasteiger charge is -2.32. The van der Waals surface area contributed by atoms with Gasteiger partial charge >= 0.3 is 0 Å². The normalized spacial score (nSPS) is 14.3. The molecule has 0 aliphatic carbocycles. The van der Waals surface area contributed by atoms with Crippen LogP contribution in [0.1, 0.15) is 37.1 Å². The minimum absolute atomic E-state index is 0. The van der Waals surface area contributed by atoms with Crippen molar-refractivity contribution in [3.63, 3.8) is 0 Å². The fourth-order valence-corrected chi connectivity index (χ4v) is 3.47. The number of nitrogens with one attached hydrogen (secondary N) is 1. The van der Waals surface area contributed by atoms with Gasteiger partial charge in [0, 0.05) is 31.5 Å². The summed E-state index contributed by atoms with van der Waals surface area (Å²) in [5.74, 6) is 2.36. The highest BCUT2D eigenvalue weighted by Gasteiger charge is 2.22. The molecule has 5 nitrogen and oxygen atoms in total. The van der Waals surface area contributed by atoms with E-state index in [0.717, 1.165) is 49.7 Å². The summed E-state index contributed by atoms with van der Waals surface area (Å²) in [6, 6.07) is 8.18. The van der Waals surface area contributed by atoms with Crippen LogP contribution in [0.15, 0.2) is 34.9 Å². The summed E-state index contributed by atoms with van der Waals surface area (Å²) < 4.78 is 5.82. The first-order valence-corrected chi connectivity index (χ1v) is 9.60. The van der Waals surface area contributed by atoms with Gasteiger partial charge in [-0.1, -0.05) is 29.8 Å². The molecular formula is C21H31Cl2N3O2. The van der Waals surface area contributed by atoms with Gasteiger partial charge in [-0.05, 0) is 45.7 Å². The molecule has 0 atom stereocenters. The minimum atomic E-state index is 0. The van der Waals surface area contributed by atoms with Crippen LogP contribution in [0.5, 0.6) is 0 Å². The number of carbonyl (C=O) groups excluding carboxylic acids is 1. The van der Waals surface area contributed by atoms with E-state index >= 15 is 0 Å². The van der Waals surface area contributed by atoms with E-state index in [4.69, 9.17) is 4.42 Å². The van der Waals surface area contributed by atoms with Crippen LogP contribution < -0.4 is 5.32 Å². The Morgan fingerprint density at radius 2 is 1.89 bits per heavy atom. The molecule has 7 heteroatoms. The standard InChI is InChI=1S/C21H29N3O2.2ClH/c1-16-3-5-18(6-4-16)19-15-23-20(26-19)7-8-21(25)24-13-10-17(11-14-24)9-12-22-2;;/h3-6,15,17,22H,7-14H2,1-2H3;2*1H. The molecule has 0 radical (unpaired) electrons. The van der Waals surface area contributed by atoms with Crippen LogP contribution >= 0.6 is 24.8 Å². The van der Waals surface area contributed by atoms with Crippen molar-refractivity contribution in [1.29, 1.82) is 0 Å². The fourth-order valence-electron chi connectivity index (χ4n) is 3.47. The number of likely N-dealkylation sites (tertiary alicyclic amines) is 1. The molecular weight excluding hydrogens is 397 g/mol. The maximum absolute atomic E-state index is 12.5. The van der Waals surface area contributed by atoms with Gasteiger partial charge in [-0.3, -0.25) is 4.79 Å². The number of amides is 1. The monoisotopic (exact) mass is 427 g/mol. The van der Waals surface area contributed by atoms with Crippen molar-refractivity contribution < 1.29 is 9.21 Å². The smallest absolute Gasteiger partial charge is 0.223 e. The highest BCUT2D eigenvalue weighted by molar-refractivity contribution is 5.85. The van der Waals surface area contributed by atoms with Crippen LogP contribution in [0.2, 0.25) is 0 Å². The van der Waals surface area contributed by atoms with Gasteiger partial charge in [0.1, 0.15) is 0 Å². The van der Waals surface area contributed by atoms with Crippen molar-refractivity contribution in [3.05, 3.63) is 41.9 Å². The molecule has 1 amide bonds. The highest BCUT2D eigenvalue weighted by atomic mass is 35.5. The number of benzene rings is 1. The van der Waals surface area contributed by atoms with Crippen molar-refractivity contribution in [2.75, 3.05) is 26.7 Å². The number of nitrogens with zero attached hydrogens (tertiary/aromatic N) is 2. The van der Waals surface area contributed by atoms with Gasteiger partial charge < -0.3 is 14.6 Å². The Morgan fingerprint density at radius 3 is 2.54 bits per heavy atom. The Morgan fingerprint density at radius 1 is 1.21 bits per heavy atom. The molecule has 1 aromatic heterocycles. The van der Waals surface area contributed by atoms with E-state index < -0.39 is 0 Å². The van der Waals surface area contributed by atoms with E-state index in [-0.39, 0.29) is 30.7 Å². The van der Waals surface area contributed by atoms with Crippen molar-refractivity contribution in [2.24, 2.45) is 5.92 Å². The summed E-state index contributed by atoms with van der Waals surface area (Å²) in [6.45, 7) is 4.89. The molecule has 1 aromatic carbocycles. The molecule has 2 aromatic rings. The van der Waals surface area contributed by atoms with Crippen LogP contribution in [0.4, 0.5) is 0 Å². The van der Waals surface area contributed by atoms with Gasteiger partial charge in [-0.25, -0.2) is 4.98 Å². The molecule has 1 aliphatic heterocycles. The molecule has 2 heterocycles. The molecule has 0 bridgehead atoms. The Kier molecular flexibility index (Phi) is 10.6. The topological polar surface area (TPSA) is 58.4 Å². The predicted octanol–water partition coefficient (Wildman–Crippen LogP) is 4.27. The number of halogens is 2. The molecule has 1 aliphatic rings. The molecule has 156 valence electrons. The number of rotatable bonds is 7. The van der Waals surface area contributed by atoms with E-state index in [1.54, 1.807) is 6.20 Å². The maximum atomic E-state index is 12.5. The number of aryl methyl sites for hydroxylation is 2. The van der Waals surface area contributed by atoms with E-state index in [1.807, 2.05) is 24.1 Å². The van der Waals surface area contributed by atoms with E-state index in [9.17, 15) is 4.79 Å². The second-order valence-corrected chi connectivity index (χ2v) is 7.20. The molecule has 3 rings (SSSR count). The second-order valence-electron chi connectivity index (χ2n) is 7.20. The predicted molar refractivity (Wildman–Crippen MR) is 117 cm³/mol. The summed E-state index contributed by atoms with van der Waals surface area (Å²) in [5, 5.41) is 3.21. The van der Waals surface area contributed by atoms with Gasteiger partial charge in [-0.2, -0.15) is 0 Å². The summed E-state index contributed by atoms with van der Waals surface area (Å²) >= 11 is 0. The lowest BCUT2D eigenvalue weighted by Crippen LogP contribution is -2.39. The third kappa shape index (κ3) is 6.80. The van der Waals surface area contributed by atoms with Gasteiger partial charge in [0.25, 0.3) is 0 Å². The average molecular weight is 428 g/mol. The summed E-state index contributed by atoms with van der Waals surface area (Å²) in [4.78, 5) is 18.8. The quantitative estimate of drug-likeness (QED) is 0.716. The van der Waals surface area contributed by atoms with Crippen LogP contribution in [-0.2, 0) is 11.2 Å². The third-order valence-electron chi connectivity index (χ3n) is 5.21. The van der Waals surface area contributed by atoms with E-state index in [2.05, 4.69) is 29.4 Å². The van der Waals surface area contributed by atoms with Crippen molar-refractivity contribution >= 4 is 30.7 Å². The van der Waals surface area contributed by atoms with E-state index in [1.165, 1.54) is 12.0 Å². The number of piperidine rings is 1. The zero-order valence-electron chi connectivity index (χ0n) is 16.6. The SMILES string of the molecule is CNCCC1CCN(C(=O)CCc2ncc(-c3ccc(C)cc3)o2)CC1.Cl.Cl. The molecule has 1 saturated heterocycles. The summed E-state index contributed by atoms with van der Waals surface area (Å²) in [7, 11) is 1.99. The lowest BCUT2D eigenvalue weighted by molar-refractivity contribution is -0.132. The zero-order valence-corrected chi connectivity index (χ0v) is 18.3. The number of carbonyl (C=O) groups is 1. The Hall–Kier alpha value is -1.56. The van der Waals surface area contributed by atoms with Gasteiger partial charge in [0.05, 0.1) is 6.20 Å². The molecule has 0 unspecified atom stereocenters. The fraction of sp³-hybridized carbons (Fsp3) is 0.524. The molecule has 0 spiro atoms. The number of hydrogen-bond donors (Lipinski definition) is 1. The van der Waals surface area contributed by atoms with Gasteiger partial charge in [0.15, 0.2) is 11.7 Å². The van der Waals surface area contributed by atoms with Crippen LogP contribution in [0, 0.1) is 12.8 Å². The van der Waals surface area contributed by atoms with Crippen LogP contribution in [-0.4, -0.2) is 42.5 Å². The zero-order chi connectivity index (χ0) is 18.4. The van der Waals surface area contributed by atoms with Crippen molar-refractivity contribution in [2.45, 2.75) is 39.0 Å².